The molecule has 5 heteroatoms. The van der Waals surface area contributed by atoms with Gasteiger partial charge in [-0.3, -0.25) is 4.79 Å². The maximum atomic E-state index is 12.0. The first kappa shape index (κ1) is 23.2. The highest BCUT2D eigenvalue weighted by atomic mass is 16.3. The van der Waals surface area contributed by atoms with Crippen molar-refractivity contribution in [3.63, 3.8) is 0 Å². The molecule has 176 valence electrons. The van der Waals surface area contributed by atoms with Gasteiger partial charge in [0.1, 0.15) is 6.29 Å². The van der Waals surface area contributed by atoms with Gasteiger partial charge >= 0.3 is 0 Å². The molecule has 4 fully saturated rings. The molecule has 10 atom stereocenters. The lowest BCUT2D eigenvalue weighted by atomic mass is 9.43. The van der Waals surface area contributed by atoms with Gasteiger partial charge in [-0.05, 0) is 91.3 Å². The standard InChI is InChI=1S/C26H43NO4/c1-16(7-10-23(31)27-12-13-28)18-8-9-19-24-20(15-22(30)26(18,19)3)25(2)11-5-4-6-17(25)14-21(24)29/h13,16-22,24,29-30H,4-12,14-15H2,1-3H3,(H,27,31)/t16-,17?,18-,19?,20?,21-,22+,24?,25+,26-/m1/s1. The topological polar surface area (TPSA) is 86.6 Å². The van der Waals surface area contributed by atoms with Crippen molar-refractivity contribution in [1.82, 2.24) is 5.32 Å². The molecule has 0 radical (unpaired) electrons. The fourth-order valence-corrected chi connectivity index (χ4v) is 8.99. The predicted molar refractivity (Wildman–Crippen MR) is 120 cm³/mol. The summed E-state index contributed by atoms with van der Waals surface area (Å²) in [4.78, 5) is 22.5. The van der Waals surface area contributed by atoms with Crippen molar-refractivity contribution in [2.75, 3.05) is 6.54 Å². The van der Waals surface area contributed by atoms with Gasteiger partial charge in [-0.1, -0.05) is 33.6 Å². The van der Waals surface area contributed by atoms with E-state index in [0.717, 1.165) is 32.1 Å². The summed E-state index contributed by atoms with van der Waals surface area (Å²) < 4.78 is 0. The smallest absolute Gasteiger partial charge is 0.220 e. The Labute approximate surface area is 187 Å². The largest absolute Gasteiger partial charge is 0.393 e. The average Bonchev–Trinajstić information content (AvgIpc) is 3.10. The van der Waals surface area contributed by atoms with E-state index in [0.29, 0.717) is 48.2 Å². The first-order valence-corrected chi connectivity index (χ1v) is 12.8. The van der Waals surface area contributed by atoms with E-state index in [1.807, 2.05) is 0 Å². The van der Waals surface area contributed by atoms with Gasteiger partial charge in [0.15, 0.2) is 0 Å². The molecule has 0 aromatic rings. The quantitative estimate of drug-likeness (QED) is 0.557. The number of aliphatic hydroxyl groups is 2. The molecule has 5 nitrogen and oxygen atoms in total. The molecule has 0 bridgehead atoms. The van der Waals surface area contributed by atoms with E-state index in [1.165, 1.54) is 25.7 Å². The minimum atomic E-state index is -0.331. The summed E-state index contributed by atoms with van der Waals surface area (Å²) in [5.74, 6) is 2.35. The highest BCUT2D eigenvalue weighted by Gasteiger charge is 2.65. The molecule has 0 saturated heterocycles. The van der Waals surface area contributed by atoms with E-state index in [1.54, 1.807) is 0 Å². The Morgan fingerprint density at radius 3 is 2.65 bits per heavy atom. The molecule has 4 unspecified atom stereocenters. The second-order valence-corrected chi connectivity index (χ2v) is 11.8. The molecule has 4 aliphatic carbocycles. The number of fused-ring (bicyclic) bond motifs is 5. The predicted octanol–water partition coefficient (Wildman–Crippen LogP) is 3.71. The molecule has 0 heterocycles. The fraction of sp³-hybridized carbons (Fsp3) is 0.923. The minimum absolute atomic E-state index is 0.0677. The summed E-state index contributed by atoms with van der Waals surface area (Å²) in [6.45, 7) is 7.04. The third-order valence-electron chi connectivity index (χ3n) is 10.7. The lowest BCUT2D eigenvalue weighted by Gasteiger charge is -2.63. The number of amides is 1. The number of rotatable bonds is 6. The Balaban J connectivity index is 1.51. The van der Waals surface area contributed by atoms with Gasteiger partial charge in [-0.15, -0.1) is 0 Å². The average molecular weight is 434 g/mol. The Morgan fingerprint density at radius 2 is 1.90 bits per heavy atom. The number of carbonyl (C=O) groups excluding carboxylic acids is 2. The van der Waals surface area contributed by atoms with Crippen LogP contribution in [-0.2, 0) is 9.59 Å². The van der Waals surface area contributed by atoms with Crippen LogP contribution in [0.2, 0.25) is 0 Å². The van der Waals surface area contributed by atoms with E-state index in [9.17, 15) is 19.8 Å². The highest BCUT2D eigenvalue weighted by Crippen LogP contribution is 2.68. The second kappa shape index (κ2) is 8.78. The van der Waals surface area contributed by atoms with Crippen molar-refractivity contribution < 1.29 is 19.8 Å². The Bertz CT molecular complexity index is 682. The van der Waals surface area contributed by atoms with Crippen molar-refractivity contribution in [3.05, 3.63) is 0 Å². The molecule has 0 aromatic heterocycles. The van der Waals surface area contributed by atoms with Crippen LogP contribution in [0.15, 0.2) is 0 Å². The third-order valence-corrected chi connectivity index (χ3v) is 10.7. The van der Waals surface area contributed by atoms with Gasteiger partial charge in [0.25, 0.3) is 0 Å². The van der Waals surface area contributed by atoms with Crippen molar-refractivity contribution in [3.8, 4) is 0 Å². The van der Waals surface area contributed by atoms with E-state index < -0.39 is 0 Å². The summed E-state index contributed by atoms with van der Waals surface area (Å²) in [6.07, 6.45) is 10.3. The Kier molecular flexibility index (Phi) is 6.58. The monoisotopic (exact) mass is 433 g/mol. The number of hydrogen-bond donors (Lipinski definition) is 3. The molecule has 4 saturated carbocycles. The summed E-state index contributed by atoms with van der Waals surface area (Å²) in [5.41, 5.74) is 0.0868. The Hall–Kier alpha value is -0.940. The molecule has 3 N–H and O–H groups in total. The maximum Gasteiger partial charge on any atom is 0.220 e. The van der Waals surface area contributed by atoms with Crippen molar-refractivity contribution >= 4 is 12.2 Å². The van der Waals surface area contributed by atoms with Crippen LogP contribution in [0.1, 0.15) is 85.0 Å². The first-order chi connectivity index (χ1) is 14.7. The van der Waals surface area contributed by atoms with Crippen molar-refractivity contribution in [2.24, 2.45) is 46.3 Å². The van der Waals surface area contributed by atoms with E-state index >= 15 is 0 Å². The first-order valence-electron chi connectivity index (χ1n) is 12.8. The van der Waals surface area contributed by atoms with Crippen LogP contribution in [0.25, 0.3) is 0 Å². The van der Waals surface area contributed by atoms with Crippen LogP contribution < -0.4 is 5.32 Å². The number of nitrogens with one attached hydrogen (secondary N) is 1. The molecular weight excluding hydrogens is 390 g/mol. The lowest BCUT2D eigenvalue weighted by molar-refractivity contribution is -0.201. The zero-order valence-electron chi connectivity index (χ0n) is 19.7. The zero-order chi connectivity index (χ0) is 22.4. The lowest BCUT2D eigenvalue weighted by Crippen LogP contribution is -2.61. The summed E-state index contributed by atoms with van der Waals surface area (Å²) in [5, 5.41) is 25.5. The van der Waals surface area contributed by atoms with Gasteiger partial charge in [-0.2, -0.15) is 0 Å². The number of aliphatic hydroxyl groups excluding tert-OH is 2. The molecule has 0 aromatic carbocycles. The summed E-state index contributed by atoms with van der Waals surface area (Å²) in [6, 6.07) is 0. The number of hydrogen-bond acceptors (Lipinski definition) is 4. The SMILES string of the molecule is C[C@H](CCC(=O)NCC=O)[C@H]1CCC2C3C(C[C@H](O)[C@@]21C)[C@@]1(C)CCCCC1C[C@H]3O. The molecule has 1 amide bonds. The van der Waals surface area contributed by atoms with Crippen LogP contribution in [0.5, 0.6) is 0 Å². The van der Waals surface area contributed by atoms with E-state index in [-0.39, 0.29) is 35.5 Å². The molecule has 0 spiro atoms. The number of aldehydes is 1. The van der Waals surface area contributed by atoms with Gasteiger partial charge in [0.05, 0.1) is 18.8 Å². The molecule has 31 heavy (non-hydrogen) atoms. The van der Waals surface area contributed by atoms with Crippen LogP contribution in [0, 0.1) is 46.3 Å². The molecular formula is C26H43NO4. The minimum Gasteiger partial charge on any atom is -0.393 e. The van der Waals surface area contributed by atoms with Crippen LogP contribution in [0.4, 0.5) is 0 Å². The van der Waals surface area contributed by atoms with Crippen LogP contribution in [0.3, 0.4) is 0 Å². The van der Waals surface area contributed by atoms with E-state index in [4.69, 9.17) is 0 Å². The van der Waals surface area contributed by atoms with Gasteiger partial charge in [0.2, 0.25) is 5.91 Å². The van der Waals surface area contributed by atoms with Gasteiger partial charge in [-0.25, -0.2) is 0 Å². The number of carbonyl (C=O) groups is 2. The highest BCUT2D eigenvalue weighted by molar-refractivity contribution is 5.78. The summed E-state index contributed by atoms with van der Waals surface area (Å²) in [7, 11) is 0. The third kappa shape index (κ3) is 3.78. The van der Waals surface area contributed by atoms with Crippen LogP contribution in [-0.4, -0.2) is 41.2 Å². The fourth-order valence-electron chi connectivity index (χ4n) is 8.99. The summed E-state index contributed by atoms with van der Waals surface area (Å²) >= 11 is 0. The van der Waals surface area contributed by atoms with E-state index in [2.05, 4.69) is 26.1 Å². The second-order valence-electron chi connectivity index (χ2n) is 11.8. The molecule has 4 rings (SSSR count). The maximum absolute atomic E-state index is 12.0. The van der Waals surface area contributed by atoms with Crippen molar-refractivity contribution in [2.45, 2.75) is 97.2 Å². The van der Waals surface area contributed by atoms with Crippen LogP contribution >= 0.6 is 0 Å². The molecule has 4 aliphatic rings. The normalized spacial score (nSPS) is 47.6. The zero-order valence-corrected chi connectivity index (χ0v) is 19.7. The van der Waals surface area contributed by atoms with Crippen molar-refractivity contribution in [1.29, 1.82) is 0 Å². The van der Waals surface area contributed by atoms with Gasteiger partial charge < -0.3 is 20.3 Å². The Morgan fingerprint density at radius 1 is 1.13 bits per heavy atom. The molecule has 0 aliphatic heterocycles. The van der Waals surface area contributed by atoms with Gasteiger partial charge in [0, 0.05) is 6.42 Å².